The van der Waals surface area contributed by atoms with Crippen molar-refractivity contribution in [2.75, 3.05) is 23.5 Å². The molecule has 18 heavy (non-hydrogen) atoms. The molecule has 0 spiro atoms. The molecule has 0 aliphatic carbocycles. The quantitative estimate of drug-likeness (QED) is 0.566. The average molecular weight is 263 g/mol. The van der Waals surface area contributed by atoms with Crippen molar-refractivity contribution < 1.29 is 0 Å². The topological polar surface area (TPSA) is 75.9 Å². The summed E-state index contributed by atoms with van der Waals surface area (Å²) in [5, 5.41) is 4.87. The monoisotopic (exact) mass is 263 g/mol. The van der Waals surface area contributed by atoms with E-state index in [9.17, 15) is 0 Å². The van der Waals surface area contributed by atoms with Crippen molar-refractivity contribution in [1.29, 1.82) is 0 Å². The number of nitrogen functional groups attached to an aromatic ring is 1. The van der Waals surface area contributed by atoms with Crippen LogP contribution in [0.25, 0.3) is 10.9 Å². The first-order valence-electron chi connectivity index (χ1n) is 5.74. The van der Waals surface area contributed by atoms with Gasteiger partial charge in [0.25, 0.3) is 0 Å². The van der Waals surface area contributed by atoms with Gasteiger partial charge >= 0.3 is 0 Å². The Balaban J connectivity index is 2.34. The summed E-state index contributed by atoms with van der Waals surface area (Å²) in [6.45, 7) is 3.02. The first kappa shape index (κ1) is 12.9. The van der Waals surface area contributed by atoms with Gasteiger partial charge in [-0.2, -0.15) is 16.7 Å². The van der Waals surface area contributed by atoms with E-state index in [4.69, 9.17) is 5.84 Å². The lowest BCUT2D eigenvalue weighted by Crippen LogP contribution is -2.16. The molecule has 1 atom stereocenters. The first-order valence-corrected chi connectivity index (χ1v) is 7.03. The van der Waals surface area contributed by atoms with Crippen LogP contribution >= 0.6 is 11.8 Å². The van der Waals surface area contributed by atoms with Crippen LogP contribution in [0.2, 0.25) is 0 Å². The van der Waals surface area contributed by atoms with Crippen LogP contribution in [0.3, 0.4) is 0 Å². The van der Waals surface area contributed by atoms with E-state index < -0.39 is 0 Å². The number of thioether (sulfide) groups is 1. The summed E-state index contributed by atoms with van der Waals surface area (Å²) >= 11 is 1.81. The summed E-state index contributed by atoms with van der Waals surface area (Å²) in [7, 11) is 0. The number of benzene rings is 1. The summed E-state index contributed by atoms with van der Waals surface area (Å²) in [4.78, 5) is 8.67. The molecule has 0 bridgehead atoms. The minimum Gasteiger partial charge on any atom is -0.368 e. The Morgan fingerprint density at radius 3 is 2.83 bits per heavy atom. The largest absolute Gasteiger partial charge is 0.368 e. The van der Waals surface area contributed by atoms with Crippen molar-refractivity contribution >= 4 is 34.4 Å². The average Bonchev–Trinajstić information content (AvgIpc) is 2.43. The Hall–Kier alpha value is -1.53. The van der Waals surface area contributed by atoms with E-state index in [0.717, 1.165) is 23.3 Å². The lowest BCUT2D eigenvalue weighted by Gasteiger charge is -2.13. The molecule has 2 rings (SSSR count). The highest BCUT2D eigenvalue weighted by atomic mass is 32.2. The molecule has 0 radical (unpaired) electrons. The van der Waals surface area contributed by atoms with Crippen molar-refractivity contribution in [2.24, 2.45) is 5.84 Å². The molecule has 1 aromatic carbocycles. The Morgan fingerprint density at radius 2 is 2.11 bits per heavy atom. The standard InChI is InChI=1S/C12H17N5S/c1-8(18-2)7-14-11-9-5-3-4-6-10(9)15-12(16-11)17-13/h3-6,8H,7,13H2,1-2H3,(H2,14,15,16,17). The van der Waals surface area contributed by atoms with Gasteiger partial charge in [0.05, 0.1) is 5.52 Å². The molecule has 1 unspecified atom stereocenters. The maximum Gasteiger partial charge on any atom is 0.239 e. The SMILES string of the molecule is CSC(C)CNc1nc(NN)nc2ccccc12. The summed E-state index contributed by atoms with van der Waals surface area (Å²) in [5.41, 5.74) is 3.37. The molecule has 1 aromatic heterocycles. The van der Waals surface area contributed by atoms with Crippen LogP contribution in [0.4, 0.5) is 11.8 Å². The minimum absolute atomic E-state index is 0.424. The van der Waals surface area contributed by atoms with E-state index in [1.165, 1.54) is 0 Å². The van der Waals surface area contributed by atoms with Gasteiger partial charge in [-0.25, -0.2) is 10.8 Å². The molecule has 2 aromatic rings. The number of rotatable bonds is 5. The first-order chi connectivity index (χ1) is 8.74. The number of para-hydroxylation sites is 1. The minimum atomic E-state index is 0.424. The third-order valence-corrected chi connectivity index (χ3v) is 3.66. The molecule has 0 amide bonds. The van der Waals surface area contributed by atoms with Gasteiger partial charge in [0.2, 0.25) is 5.95 Å². The summed E-state index contributed by atoms with van der Waals surface area (Å²) in [6.07, 6.45) is 2.09. The van der Waals surface area contributed by atoms with Crippen molar-refractivity contribution in [1.82, 2.24) is 9.97 Å². The van der Waals surface area contributed by atoms with Crippen LogP contribution in [0.1, 0.15) is 6.92 Å². The number of anilines is 2. The van der Waals surface area contributed by atoms with Crippen molar-refractivity contribution in [3.05, 3.63) is 24.3 Å². The second-order valence-electron chi connectivity index (χ2n) is 3.98. The second-order valence-corrected chi connectivity index (χ2v) is 5.26. The number of nitrogens with one attached hydrogen (secondary N) is 2. The summed E-state index contributed by atoms with van der Waals surface area (Å²) in [5.74, 6) is 6.62. The summed E-state index contributed by atoms with van der Waals surface area (Å²) < 4.78 is 0. The number of fused-ring (bicyclic) bond motifs is 1. The molecular weight excluding hydrogens is 246 g/mol. The number of nitrogens with zero attached hydrogens (tertiary/aromatic N) is 2. The maximum absolute atomic E-state index is 5.38. The smallest absolute Gasteiger partial charge is 0.239 e. The van der Waals surface area contributed by atoms with Crippen LogP contribution < -0.4 is 16.6 Å². The number of hydrogen-bond acceptors (Lipinski definition) is 6. The Morgan fingerprint density at radius 1 is 1.33 bits per heavy atom. The molecule has 1 heterocycles. The van der Waals surface area contributed by atoms with Crippen LogP contribution in [0, 0.1) is 0 Å². The second kappa shape index (κ2) is 5.88. The number of hydrogen-bond donors (Lipinski definition) is 3. The highest BCUT2D eigenvalue weighted by molar-refractivity contribution is 7.99. The zero-order valence-corrected chi connectivity index (χ0v) is 11.3. The molecule has 6 heteroatoms. The molecule has 0 saturated carbocycles. The van der Waals surface area contributed by atoms with Crippen LogP contribution in [0.5, 0.6) is 0 Å². The van der Waals surface area contributed by atoms with Crippen LogP contribution in [-0.4, -0.2) is 28.0 Å². The van der Waals surface area contributed by atoms with Crippen molar-refractivity contribution in [3.63, 3.8) is 0 Å². The highest BCUT2D eigenvalue weighted by Crippen LogP contribution is 2.21. The van der Waals surface area contributed by atoms with Gasteiger partial charge in [0.15, 0.2) is 0 Å². The third kappa shape index (κ3) is 2.83. The fourth-order valence-corrected chi connectivity index (χ4v) is 1.85. The summed E-state index contributed by atoms with van der Waals surface area (Å²) in [6, 6.07) is 7.87. The van der Waals surface area contributed by atoms with Gasteiger partial charge in [-0.3, -0.25) is 5.43 Å². The van der Waals surface area contributed by atoms with Crippen LogP contribution in [-0.2, 0) is 0 Å². The predicted octanol–water partition coefficient (Wildman–Crippen LogP) is 2.08. The Bertz CT molecular complexity index is 531. The lowest BCUT2D eigenvalue weighted by molar-refractivity contribution is 0.990. The predicted molar refractivity (Wildman–Crippen MR) is 78.8 cm³/mol. The van der Waals surface area contributed by atoms with Crippen molar-refractivity contribution in [2.45, 2.75) is 12.2 Å². The zero-order chi connectivity index (χ0) is 13.0. The molecule has 96 valence electrons. The number of hydrazine groups is 1. The van der Waals surface area contributed by atoms with E-state index in [1.807, 2.05) is 36.0 Å². The van der Waals surface area contributed by atoms with Gasteiger partial charge in [-0.15, -0.1) is 0 Å². The maximum atomic E-state index is 5.38. The van der Waals surface area contributed by atoms with E-state index in [1.54, 1.807) is 0 Å². The van der Waals surface area contributed by atoms with Gasteiger partial charge in [-0.1, -0.05) is 19.1 Å². The lowest BCUT2D eigenvalue weighted by atomic mass is 10.2. The van der Waals surface area contributed by atoms with Gasteiger partial charge in [-0.05, 0) is 18.4 Å². The highest BCUT2D eigenvalue weighted by Gasteiger charge is 2.07. The van der Waals surface area contributed by atoms with Gasteiger partial charge in [0.1, 0.15) is 5.82 Å². The van der Waals surface area contributed by atoms with E-state index in [2.05, 4.69) is 33.9 Å². The fraction of sp³-hybridized carbons (Fsp3) is 0.333. The van der Waals surface area contributed by atoms with E-state index >= 15 is 0 Å². The molecule has 0 aliphatic rings. The molecule has 4 N–H and O–H groups in total. The third-order valence-electron chi connectivity index (χ3n) is 2.69. The molecule has 5 nitrogen and oxygen atoms in total. The van der Waals surface area contributed by atoms with E-state index in [0.29, 0.717) is 11.2 Å². The van der Waals surface area contributed by atoms with Gasteiger partial charge < -0.3 is 5.32 Å². The number of aromatic nitrogens is 2. The molecular formula is C12H17N5S. The number of nitrogens with two attached hydrogens (primary N) is 1. The van der Waals surface area contributed by atoms with Crippen LogP contribution in [0.15, 0.2) is 24.3 Å². The Labute approximate surface area is 111 Å². The van der Waals surface area contributed by atoms with E-state index in [-0.39, 0.29) is 0 Å². The van der Waals surface area contributed by atoms with Crippen molar-refractivity contribution in [3.8, 4) is 0 Å². The Kier molecular flexibility index (Phi) is 4.22. The zero-order valence-electron chi connectivity index (χ0n) is 10.5. The fourth-order valence-electron chi connectivity index (χ4n) is 1.60. The molecule has 0 aliphatic heterocycles. The van der Waals surface area contributed by atoms with Gasteiger partial charge in [0, 0.05) is 17.2 Å². The molecule has 0 fully saturated rings. The molecule has 0 saturated heterocycles. The normalized spacial score (nSPS) is 12.4.